The van der Waals surface area contributed by atoms with E-state index in [0.717, 1.165) is 24.2 Å². The molecule has 0 fully saturated rings. The van der Waals surface area contributed by atoms with Crippen LogP contribution in [0.25, 0.3) is 0 Å². The summed E-state index contributed by atoms with van der Waals surface area (Å²) in [6.07, 6.45) is 3.41. The van der Waals surface area contributed by atoms with Gasteiger partial charge < -0.3 is 15.8 Å². The lowest BCUT2D eigenvalue weighted by molar-refractivity contribution is 0.318. The molecule has 1 aromatic rings. The lowest BCUT2D eigenvalue weighted by Gasteiger charge is -2.21. The molecular weight excluding hydrogens is 242 g/mol. The van der Waals surface area contributed by atoms with Gasteiger partial charge in [-0.1, -0.05) is 24.9 Å². The average molecular weight is 265 g/mol. The van der Waals surface area contributed by atoms with Gasteiger partial charge >= 0.3 is 0 Å². The molecule has 0 amide bonds. The van der Waals surface area contributed by atoms with Gasteiger partial charge in [-0.25, -0.2) is 0 Å². The summed E-state index contributed by atoms with van der Waals surface area (Å²) in [5, 5.41) is 20.3. The standard InChI is InChI=1S/C13H23N5O/c1-5-6-7-8-18(4)13-11(12(14)17-19)9(2)10(3)15-16-13/h19H,5-8H2,1-4H3,(H2,14,17). The topological polar surface area (TPSA) is 87.6 Å². The van der Waals surface area contributed by atoms with Gasteiger partial charge in [-0.15, -0.1) is 5.10 Å². The van der Waals surface area contributed by atoms with E-state index in [2.05, 4.69) is 22.3 Å². The second kappa shape index (κ2) is 6.92. The van der Waals surface area contributed by atoms with Crippen molar-refractivity contribution in [3.63, 3.8) is 0 Å². The summed E-state index contributed by atoms with van der Waals surface area (Å²) in [7, 11) is 1.95. The first-order valence-corrected chi connectivity index (χ1v) is 6.55. The van der Waals surface area contributed by atoms with Gasteiger partial charge in [0.2, 0.25) is 0 Å². The minimum Gasteiger partial charge on any atom is -0.409 e. The molecule has 0 aliphatic carbocycles. The van der Waals surface area contributed by atoms with Crippen LogP contribution in [0.1, 0.15) is 43.0 Å². The first-order chi connectivity index (χ1) is 9.02. The summed E-state index contributed by atoms with van der Waals surface area (Å²) >= 11 is 0. The number of amidine groups is 1. The van der Waals surface area contributed by atoms with Crippen molar-refractivity contribution >= 4 is 11.7 Å². The van der Waals surface area contributed by atoms with Crippen molar-refractivity contribution in [1.29, 1.82) is 0 Å². The fraction of sp³-hybridized carbons (Fsp3) is 0.615. The smallest absolute Gasteiger partial charge is 0.174 e. The molecule has 0 aliphatic heterocycles. The molecule has 0 saturated carbocycles. The summed E-state index contributed by atoms with van der Waals surface area (Å²) in [6.45, 7) is 6.80. The van der Waals surface area contributed by atoms with Gasteiger partial charge in [0, 0.05) is 13.6 Å². The second-order valence-electron chi connectivity index (χ2n) is 4.72. The van der Waals surface area contributed by atoms with Crippen LogP contribution in [0.15, 0.2) is 5.16 Å². The predicted molar refractivity (Wildman–Crippen MR) is 76.8 cm³/mol. The molecule has 1 heterocycles. The molecule has 0 atom stereocenters. The Balaban J connectivity index is 3.09. The van der Waals surface area contributed by atoms with Crippen LogP contribution < -0.4 is 10.6 Å². The third-order valence-electron chi connectivity index (χ3n) is 3.26. The SMILES string of the molecule is CCCCCN(C)c1nnc(C)c(C)c1/C(N)=N/O. The van der Waals surface area contributed by atoms with Crippen molar-refractivity contribution in [2.45, 2.75) is 40.0 Å². The van der Waals surface area contributed by atoms with Gasteiger partial charge in [0.1, 0.15) is 0 Å². The van der Waals surface area contributed by atoms with Crippen molar-refractivity contribution in [3.8, 4) is 0 Å². The fourth-order valence-electron chi connectivity index (χ4n) is 1.92. The van der Waals surface area contributed by atoms with E-state index >= 15 is 0 Å². The van der Waals surface area contributed by atoms with Gasteiger partial charge in [0.25, 0.3) is 0 Å². The van der Waals surface area contributed by atoms with E-state index in [9.17, 15) is 0 Å². The Hall–Kier alpha value is -1.85. The van der Waals surface area contributed by atoms with E-state index in [1.807, 2.05) is 25.8 Å². The van der Waals surface area contributed by atoms with E-state index in [0.29, 0.717) is 11.4 Å². The lowest BCUT2D eigenvalue weighted by atomic mass is 10.1. The maximum absolute atomic E-state index is 8.92. The van der Waals surface area contributed by atoms with Crippen LogP contribution in [0.5, 0.6) is 0 Å². The summed E-state index contributed by atoms with van der Waals surface area (Å²) in [5.74, 6) is 0.738. The van der Waals surface area contributed by atoms with Crippen LogP contribution in [0, 0.1) is 13.8 Å². The van der Waals surface area contributed by atoms with Gasteiger partial charge in [-0.05, 0) is 25.8 Å². The molecule has 3 N–H and O–H groups in total. The van der Waals surface area contributed by atoms with E-state index in [-0.39, 0.29) is 5.84 Å². The molecule has 6 nitrogen and oxygen atoms in total. The maximum atomic E-state index is 8.92. The molecule has 0 bridgehead atoms. The Labute approximate surface area is 114 Å². The van der Waals surface area contributed by atoms with Crippen LogP contribution in [0.4, 0.5) is 5.82 Å². The van der Waals surface area contributed by atoms with Crippen molar-refractivity contribution < 1.29 is 5.21 Å². The Morgan fingerprint density at radius 3 is 2.58 bits per heavy atom. The van der Waals surface area contributed by atoms with Crippen molar-refractivity contribution in [3.05, 3.63) is 16.8 Å². The van der Waals surface area contributed by atoms with Crippen molar-refractivity contribution in [2.75, 3.05) is 18.5 Å². The zero-order valence-corrected chi connectivity index (χ0v) is 12.1. The minimum absolute atomic E-state index is 0.0767. The summed E-state index contributed by atoms with van der Waals surface area (Å²) in [4.78, 5) is 2.00. The van der Waals surface area contributed by atoms with E-state index in [1.165, 1.54) is 12.8 Å². The van der Waals surface area contributed by atoms with Crippen molar-refractivity contribution in [1.82, 2.24) is 10.2 Å². The first kappa shape index (κ1) is 15.2. The normalized spacial score (nSPS) is 11.7. The highest BCUT2D eigenvalue weighted by atomic mass is 16.4. The number of unbranched alkanes of at least 4 members (excludes halogenated alkanes) is 2. The summed E-state index contributed by atoms with van der Waals surface area (Å²) in [5.41, 5.74) is 8.10. The Morgan fingerprint density at radius 2 is 2.00 bits per heavy atom. The summed E-state index contributed by atoms with van der Waals surface area (Å²) in [6, 6.07) is 0. The number of aryl methyl sites for hydroxylation is 1. The van der Waals surface area contributed by atoms with E-state index < -0.39 is 0 Å². The minimum atomic E-state index is 0.0767. The fourth-order valence-corrected chi connectivity index (χ4v) is 1.92. The molecule has 6 heteroatoms. The first-order valence-electron chi connectivity index (χ1n) is 6.55. The van der Waals surface area contributed by atoms with Crippen LogP contribution >= 0.6 is 0 Å². The van der Waals surface area contributed by atoms with E-state index in [4.69, 9.17) is 10.9 Å². The number of anilines is 1. The third-order valence-corrected chi connectivity index (χ3v) is 3.26. The Bertz CT molecular complexity index is 459. The van der Waals surface area contributed by atoms with Crippen LogP contribution in [0.2, 0.25) is 0 Å². The molecule has 0 aromatic carbocycles. The van der Waals surface area contributed by atoms with Crippen LogP contribution in [-0.4, -0.2) is 34.8 Å². The molecule has 0 unspecified atom stereocenters. The summed E-state index contributed by atoms with van der Waals surface area (Å²) < 4.78 is 0. The molecule has 0 spiro atoms. The lowest BCUT2D eigenvalue weighted by Crippen LogP contribution is -2.27. The highest BCUT2D eigenvalue weighted by Gasteiger charge is 2.17. The monoisotopic (exact) mass is 265 g/mol. The molecule has 106 valence electrons. The molecule has 19 heavy (non-hydrogen) atoms. The van der Waals surface area contributed by atoms with Gasteiger partial charge in [0.05, 0.1) is 11.3 Å². The average Bonchev–Trinajstić information content (AvgIpc) is 2.41. The van der Waals surface area contributed by atoms with E-state index in [1.54, 1.807) is 0 Å². The van der Waals surface area contributed by atoms with Gasteiger partial charge in [-0.3, -0.25) is 0 Å². The molecule has 0 aliphatic rings. The number of hydrogen-bond acceptors (Lipinski definition) is 5. The maximum Gasteiger partial charge on any atom is 0.174 e. The quantitative estimate of drug-likeness (QED) is 0.269. The molecule has 1 aromatic heterocycles. The Morgan fingerprint density at radius 1 is 1.32 bits per heavy atom. The van der Waals surface area contributed by atoms with Gasteiger partial charge in [0.15, 0.2) is 11.7 Å². The third kappa shape index (κ3) is 3.56. The second-order valence-corrected chi connectivity index (χ2v) is 4.72. The Kier molecular flexibility index (Phi) is 5.54. The van der Waals surface area contributed by atoms with Crippen LogP contribution in [-0.2, 0) is 0 Å². The molecule has 1 rings (SSSR count). The highest BCUT2D eigenvalue weighted by Crippen LogP contribution is 2.21. The number of oxime groups is 1. The number of aromatic nitrogens is 2. The number of rotatable bonds is 6. The molecule has 0 radical (unpaired) electrons. The largest absolute Gasteiger partial charge is 0.409 e. The van der Waals surface area contributed by atoms with Crippen molar-refractivity contribution in [2.24, 2.45) is 10.9 Å². The zero-order chi connectivity index (χ0) is 14.4. The molecular formula is C13H23N5O. The zero-order valence-electron chi connectivity index (χ0n) is 12.1. The highest BCUT2D eigenvalue weighted by molar-refractivity contribution is 6.02. The predicted octanol–water partition coefficient (Wildman–Crippen LogP) is 1.81. The van der Waals surface area contributed by atoms with Gasteiger partial charge in [-0.2, -0.15) is 5.10 Å². The number of hydrogen-bond donors (Lipinski definition) is 2. The molecule has 0 saturated heterocycles. The number of nitrogens with zero attached hydrogens (tertiary/aromatic N) is 4. The number of nitrogens with two attached hydrogens (primary N) is 1. The van der Waals surface area contributed by atoms with Crippen LogP contribution in [0.3, 0.4) is 0 Å².